The summed E-state index contributed by atoms with van der Waals surface area (Å²) in [5.74, 6) is 1.35. The molecule has 0 radical (unpaired) electrons. The lowest BCUT2D eigenvalue weighted by molar-refractivity contribution is 0.190. The van der Waals surface area contributed by atoms with Gasteiger partial charge in [0, 0.05) is 37.8 Å². The molecule has 1 aliphatic rings. The van der Waals surface area contributed by atoms with Gasteiger partial charge in [0.15, 0.2) is 5.82 Å². The molecular weight excluding hydrogens is 350 g/mol. The Morgan fingerprint density at radius 1 is 1.31 bits per heavy atom. The third kappa shape index (κ3) is 4.82. The van der Waals surface area contributed by atoms with E-state index >= 15 is 0 Å². The first-order chi connectivity index (χ1) is 12.1. The van der Waals surface area contributed by atoms with Crippen LogP contribution in [-0.2, 0) is 6.54 Å². The maximum absolute atomic E-state index is 5.51. The summed E-state index contributed by atoms with van der Waals surface area (Å²) in [5, 5.41) is 7.58. The summed E-state index contributed by atoms with van der Waals surface area (Å²) in [6.45, 7) is 11.5. The molecule has 6 nitrogen and oxygen atoms in total. The van der Waals surface area contributed by atoms with E-state index in [1.165, 1.54) is 5.56 Å². The van der Waals surface area contributed by atoms with E-state index in [1.807, 2.05) is 0 Å². The van der Waals surface area contributed by atoms with Crippen LogP contribution in [-0.4, -0.2) is 59.2 Å². The topological polar surface area (TPSA) is 57.4 Å². The van der Waals surface area contributed by atoms with Crippen molar-refractivity contribution in [3.8, 4) is 11.5 Å². The molecule has 0 saturated carbocycles. The fraction of sp³-hybridized carbons (Fsp3) is 0.579. The summed E-state index contributed by atoms with van der Waals surface area (Å²) in [7, 11) is 2.10. The molecular formula is C19H30ClN5O. The predicted octanol–water partition coefficient (Wildman–Crippen LogP) is 2.96. The van der Waals surface area contributed by atoms with Gasteiger partial charge in [0.1, 0.15) is 0 Å². The number of piperazine rings is 1. The average molecular weight is 380 g/mol. The molecule has 1 aromatic heterocycles. The molecule has 1 N–H and O–H groups in total. The summed E-state index contributed by atoms with van der Waals surface area (Å²) < 4.78 is 5.51. The van der Waals surface area contributed by atoms with Gasteiger partial charge < -0.3 is 9.84 Å². The van der Waals surface area contributed by atoms with Gasteiger partial charge in [-0.2, -0.15) is 4.98 Å². The number of aromatic nitrogens is 2. The second-order valence-corrected chi connectivity index (χ2v) is 7.01. The number of hydrogen-bond donors (Lipinski definition) is 1. The lowest BCUT2D eigenvalue weighted by Gasteiger charge is -2.30. The fourth-order valence-corrected chi connectivity index (χ4v) is 3.23. The van der Waals surface area contributed by atoms with Crippen molar-refractivity contribution >= 4 is 12.4 Å². The minimum atomic E-state index is 0. The molecule has 1 unspecified atom stereocenters. The highest BCUT2D eigenvalue weighted by molar-refractivity contribution is 5.85. The largest absolute Gasteiger partial charge is 0.334 e. The molecule has 1 saturated heterocycles. The summed E-state index contributed by atoms with van der Waals surface area (Å²) >= 11 is 0. The van der Waals surface area contributed by atoms with Gasteiger partial charge in [0.2, 0.25) is 0 Å². The van der Waals surface area contributed by atoms with Crippen LogP contribution in [0.2, 0.25) is 0 Å². The Kier molecular flexibility index (Phi) is 7.58. The molecule has 1 atom stereocenters. The van der Waals surface area contributed by atoms with Crippen molar-refractivity contribution in [2.75, 3.05) is 33.2 Å². The molecule has 2 aromatic rings. The van der Waals surface area contributed by atoms with Crippen LogP contribution in [0.25, 0.3) is 11.5 Å². The Balaban J connectivity index is 0.00000243. The number of nitrogens with zero attached hydrogens (tertiary/aromatic N) is 4. The van der Waals surface area contributed by atoms with E-state index in [0.717, 1.165) is 44.1 Å². The molecule has 144 valence electrons. The van der Waals surface area contributed by atoms with Crippen molar-refractivity contribution in [2.24, 2.45) is 0 Å². The molecule has 3 rings (SSSR count). The van der Waals surface area contributed by atoms with Gasteiger partial charge in [0.25, 0.3) is 5.89 Å². The third-order valence-electron chi connectivity index (χ3n) is 4.97. The van der Waals surface area contributed by atoms with Crippen LogP contribution in [0, 0.1) is 0 Å². The fourth-order valence-electron chi connectivity index (χ4n) is 3.23. The second-order valence-electron chi connectivity index (χ2n) is 7.01. The SMILES string of the molecule is CCN(Cc1ccc(-c2nc(C3CNCCN3C)no2)cc1)C(C)C.Cl. The summed E-state index contributed by atoms with van der Waals surface area (Å²) in [6.07, 6.45) is 0. The first-order valence-corrected chi connectivity index (χ1v) is 9.16. The Hall–Kier alpha value is -1.47. The first kappa shape index (κ1) is 20.8. The maximum atomic E-state index is 5.51. The van der Waals surface area contributed by atoms with E-state index in [9.17, 15) is 0 Å². The van der Waals surface area contributed by atoms with Gasteiger partial charge in [-0.3, -0.25) is 9.80 Å². The van der Waals surface area contributed by atoms with Gasteiger partial charge in [0.05, 0.1) is 6.04 Å². The summed E-state index contributed by atoms with van der Waals surface area (Å²) in [5.41, 5.74) is 2.27. The highest BCUT2D eigenvalue weighted by Crippen LogP contribution is 2.23. The Morgan fingerprint density at radius 3 is 2.65 bits per heavy atom. The molecule has 0 spiro atoms. The Labute approximate surface area is 162 Å². The van der Waals surface area contributed by atoms with Gasteiger partial charge in [-0.05, 0) is 45.1 Å². The van der Waals surface area contributed by atoms with Gasteiger partial charge in [-0.1, -0.05) is 24.2 Å². The van der Waals surface area contributed by atoms with Crippen LogP contribution in [0.3, 0.4) is 0 Å². The quantitative estimate of drug-likeness (QED) is 0.832. The minimum absolute atomic E-state index is 0. The lowest BCUT2D eigenvalue weighted by Crippen LogP contribution is -2.44. The van der Waals surface area contributed by atoms with Crippen molar-refractivity contribution < 1.29 is 4.52 Å². The molecule has 1 aliphatic heterocycles. The van der Waals surface area contributed by atoms with Gasteiger partial charge >= 0.3 is 0 Å². The van der Waals surface area contributed by atoms with Crippen molar-refractivity contribution in [1.82, 2.24) is 25.3 Å². The molecule has 0 amide bonds. The number of likely N-dealkylation sites (N-methyl/N-ethyl adjacent to an activating group) is 1. The summed E-state index contributed by atoms with van der Waals surface area (Å²) in [6, 6.07) is 9.17. The van der Waals surface area contributed by atoms with E-state index in [0.29, 0.717) is 11.9 Å². The molecule has 2 heterocycles. The van der Waals surface area contributed by atoms with Crippen molar-refractivity contribution in [3.63, 3.8) is 0 Å². The molecule has 0 bridgehead atoms. The van der Waals surface area contributed by atoms with Gasteiger partial charge in [-0.25, -0.2) is 0 Å². The Morgan fingerprint density at radius 2 is 2.04 bits per heavy atom. The van der Waals surface area contributed by atoms with Gasteiger partial charge in [-0.15, -0.1) is 12.4 Å². The van der Waals surface area contributed by atoms with Crippen molar-refractivity contribution in [1.29, 1.82) is 0 Å². The molecule has 7 heteroatoms. The van der Waals surface area contributed by atoms with Crippen LogP contribution in [0.15, 0.2) is 28.8 Å². The molecule has 26 heavy (non-hydrogen) atoms. The van der Waals surface area contributed by atoms with Crippen LogP contribution < -0.4 is 5.32 Å². The van der Waals surface area contributed by atoms with E-state index in [1.54, 1.807) is 0 Å². The number of nitrogens with one attached hydrogen (secondary N) is 1. The Bertz CT molecular complexity index is 673. The number of hydrogen-bond acceptors (Lipinski definition) is 6. The van der Waals surface area contributed by atoms with Crippen molar-refractivity contribution in [3.05, 3.63) is 35.7 Å². The van der Waals surface area contributed by atoms with Crippen molar-refractivity contribution in [2.45, 2.75) is 39.4 Å². The standard InChI is InChI=1S/C19H29N5O.ClH/c1-5-24(14(2)3)13-15-6-8-16(9-7-15)19-21-18(22-25-19)17-12-20-10-11-23(17)4;/h6-9,14,17,20H,5,10-13H2,1-4H3;1H. The van der Waals surface area contributed by atoms with E-state index in [4.69, 9.17) is 4.52 Å². The zero-order valence-electron chi connectivity index (χ0n) is 16.1. The van der Waals surface area contributed by atoms with E-state index < -0.39 is 0 Å². The van der Waals surface area contributed by atoms with E-state index in [-0.39, 0.29) is 18.4 Å². The van der Waals surface area contributed by atoms with Crippen LogP contribution in [0.4, 0.5) is 0 Å². The highest BCUT2D eigenvalue weighted by Gasteiger charge is 2.25. The van der Waals surface area contributed by atoms with Crippen LogP contribution in [0.5, 0.6) is 0 Å². The van der Waals surface area contributed by atoms with E-state index in [2.05, 4.69) is 77.3 Å². The van der Waals surface area contributed by atoms with Crippen LogP contribution in [0.1, 0.15) is 38.2 Å². The molecule has 1 fully saturated rings. The monoisotopic (exact) mass is 379 g/mol. The average Bonchev–Trinajstić information content (AvgIpc) is 3.10. The maximum Gasteiger partial charge on any atom is 0.257 e. The number of rotatable bonds is 6. The smallest absolute Gasteiger partial charge is 0.257 e. The molecule has 1 aromatic carbocycles. The van der Waals surface area contributed by atoms with Crippen LogP contribution >= 0.6 is 12.4 Å². The normalized spacial score (nSPS) is 18.3. The lowest BCUT2D eigenvalue weighted by atomic mass is 10.1. The second kappa shape index (κ2) is 9.46. The number of halogens is 1. The zero-order valence-corrected chi connectivity index (χ0v) is 16.9. The predicted molar refractivity (Wildman–Crippen MR) is 106 cm³/mol. The summed E-state index contributed by atoms with van der Waals surface area (Å²) in [4.78, 5) is 9.32. The number of benzene rings is 1. The minimum Gasteiger partial charge on any atom is -0.334 e. The first-order valence-electron chi connectivity index (χ1n) is 9.16. The molecule has 0 aliphatic carbocycles. The zero-order chi connectivity index (χ0) is 17.8. The highest BCUT2D eigenvalue weighted by atomic mass is 35.5. The third-order valence-corrected chi connectivity index (χ3v) is 4.97.